The Balaban J connectivity index is 2.03. The zero-order valence-corrected chi connectivity index (χ0v) is 11.7. The smallest absolute Gasteiger partial charge is 0.220 e. The van der Waals surface area contributed by atoms with Gasteiger partial charge in [0, 0.05) is 11.3 Å². The number of nitrogen functional groups attached to an aromatic ring is 1. The summed E-state index contributed by atoms with van der Waals surface area (Å²) in [5.41, 5.74) is 8.28. The molecule has 0 radical (unpaired) electrons. The summed E-state index contributed by atoms with van der Waals surface area (Å²) in [5, 5.41) is 1.01. The molecular formula is C14H13Cl2N3. The maximum absolute atomic E-state index is 6.22. The van der Waals surface area contributed by atoms with E-state index >= 15 is 0 Å². The van der Waals surface area contributed by atoms with Gasteiger partial charge in [-0.2, -0.15) is 0 Å². The highest BCUT2D eigenvalue weighted by Gasteiger charge is 2.23. The van der Waals surface area contributed by atoms with E-state index in [1.807, 2.05) is 18.2 Å². The van der Waals surface area contributed by atoms with Crippen LogP contribution in [-0.2, 0) is 6.42 Å². The summed E-state index contributed by atoms with van der Waals surface area (Å²) in [6.07, 6.45) is 3.51. The van der Waals surface area contributed by atoms with Gasteiger partial charge in [0.15, 0.2) is 0 Å². The van der Waals surface area contributed by atoms with E-state index in [9.17, 15) is 0 Å². The van der Waals surface area contributed by atoms with Crippen LogP contribution in [0.15, 0.2) is 24.3 Å². The first-order valence-electron chi connectivity index (χ1n) is 6.21. The first kappa shape index (κ1) is 12.7. The third kappa shape index (κ3) is 2.82. The number of hydrogen-bond donors (Lipinski definition) is 1. The van der Waals surface area contributed by atoms with E-state index in [1.165, 1.54) is 12.8 Å². The van der Waals surface area contributed by atoms with Crippen molar-refractivity contribution in [3.8, 4) is 11.3 Å². The minimum Gasteiger partial charge on any atom is -0.368 e. The normalized spacial score (nSPS) is 14.6. The molecule has 3 nitrogen and oxygen atoms in total. The highest BCUT2D eigenvalue weighted by atomic mass is 35.5. The second-order valence-electron chi connectivity index (χ2n) is 4.85. The van der Waals surface area contributed by atoms with Gasteiger partial charge in [0.2, 0.25) is 5.95 Å². The third-order valence-electron chi connectivity index (χ3n) is 3.22. The van der Waals surface area contributed by atoms with Crippen LogP contribution in [0.2, 0.25) is 10.0 Å². The van der Waals surface area contributed by atoms with Crippen LogP contribution in [0.4, 0.5) is 5.95 Å². The number of rotatable bonds is 3. The molecule has 0 aliphatic heterocycles. The molecule has 1 heterocycles. The minimum absolute atomic E-state index is 0.282. The van der Waals surface area contributed by atoms with E-state index in [-0.39, 0.29) is 5.95 Å². The molecule has 0 bridgehead atoms. The van der Waals surface area contributed by atoms with Gasteiger partial charge in [0.25, 0.3) is 0 Å². The summed E-state index contributed by atoms with van der Waals surface area (Å²) in [5.74, 6) is 1.03. The van der Waals surface area contributed by atoms with Gasteiger partial charge in [-0.15, -0.1) is 0 Å². The van der Waals surface area contributed by atoms with Crippen molar-refractivity contribution in [1.82, 2.24) is 9.97 Å². The van der Waals surface area contributed by atoms with Crippen LogP contribution in [0.3, 0.4) is 0 Å². The van der Waals surface area contributed by atoms with Gasteiger partial charge in [-0.1, -0.05) is 35.3 Å². The number of hydrogen-bond acceptors (Lipinski definition) is 3. The van der Waals surface area contributed by atoms with Gasteiger partial charge >= 0.3 is 0 Å². The zero-order chi connectivity index (χ0) is 13.4. The Kier molecular flexibility index (Phi) is 3.33. The lowest BCUT2D eigenvalue weighted by molar-refractivity contribution is 0.802. The Morgan fingerprint density at radius 3 is 2.74 bits per heavy atom. The second kappa shape index (κ2) is 4.99. The molecule has 19 heavy (non-hydrogen) atoms. The third-order valence-corrected chi connectivity index (χ3v) is 4.04. The van der Waals surface area contributed by atoms with Gasteiger partial charge < -0.3 is 5.73 Å². The molecule has 0 amide bonds. The molecule has 5 heteroatoms. The Morgan fingerprint density at radius 2 is 2.00 bits per heavy atom. The fourth-order valence-corrected chi connectivity index (χ4v) is 2.48. The minimum atomic E-state index is 0.282. The molecular weight excluding hydrogens is 281 g/mol. The van der Waals surface area contributed by atoms with Crippen molar-refractivity contribution < 1.29 is 0 Å². The van der Waals surface area contributed by atoms with Crippen molar-refractivity contribution >= 4 is 29.2 Å². The van der Waals surface area contributed by atoms with Crippen LogP contribution < -0.4 is 5.73 Å². The van der Waals surface area contributed by atoms with E-state index < -0.39 is 0 Å². The van der Waals surface area contributed by atoms with Crippen LogP contribution in [0.5, 0.6) is 0 Å². The highest BCUT2D eigenvalue weighted by molar-refractivity contribution is 6.43. The van der Waals surface area contributed by atoms with Gasteiger partial charge in [0.1, 0.15) is 0 Å². The number of aromatic nitrogens is 2. The fourth-order valence-electron chi connectivity index (χ4n) is 2.08. The number of nitrogens with zero attached hydrogens (tertiary/aromatic N) is 2. The van der Waals surface area contributed by atoms with Crippen molar-refractivity contribution in [2.24, 2.45) is 5.92 Å². The maximum Gasteiger partial charge on any atom is 0.220 e. The average molecular weight is 294 g/mol. The van der Waals surface area contributed by atoms with E-state index in [1.54, 1.807) is 6.07 Å². The highest BCUT2D eigenvalue weighted by Crippen LogP contribution is 2.35. The first-order valence-corrected chi connectivity index (χ1v) is 6.97. The predicted molar refractivity (Wildman–Crippen MR) is 78.3 cm³/mol. The molecule has 1 saturated carbocycles. The number of halogens is 2. The number of nitrogens with two attached hydrogens (primary N) is 1. The summed E-state index contributed by atoms with van der Waals surface area (Å²) in [7, 11) is 0. The SMILES string of the molecule is Nc1nc(CC2CC2)cc(-c2cccc(Cl)c2Cl)n1. The molecule has 0 unspecified atom stereocenters. The summed E-state index contributed by atoms with van der Waals surface area (Å²) in [6.45, 7) is 0. The lowest BCUT2D eigenvalue weighted by Crippen LogP contribution is -2.02. The van der Waals surface area contributed by atoms with Crippen LogP contribution in [0, 0.1) is 5.92 Å². The number of benzene rings is 1. The summed E-state index contributed by atoms with van der Waals surface area (Å²) in [4.78, 5) is 8.54. The van der Waals surface area contributed by atoms with Crippen LogP contribution in [-0.4, -0.2) is 9.97 Å². The molecule has 1 aliphatic carbocycles. The molecule has 2 N–H and O–H groups in total. The van der Waals surface area contributed by atoms with Crippen LogP contribution >= 0.6 is 23.2 Å². The van der Waals surface area contributed by atoms with Gasteiger partial charge in [-0.05, 0) is 37.3 Å². The second-order valence-corrected chi connectivity index (χ2v) is 5.64. The monoisotopic (exact) mass is 293 g/mol. The molecule has 1 aromatic heterocycles. The van der Waals surface area contributed by atoms with Crippen LogP contribution in [0.25, 0.3) is 11.3 Å². The summed E-state index contributed by atoms with van der Waals surface area (Å²) >= 11 is 12.2. The van der Waals surface area contributed by atoms with E-state index in [0.717, 1.165) is 29.3 Å². The molecule has 0 spiro atoms. The van der Waals surface area contributed by atoms with Crippen molar-refractivity contribution in [1.29, 1.82) is 0 Å². The van der Waals surface area contributed by atoms with Crippen LogP contribution in [0.1, 0.15) is 18.5 Å². The standard InChI is InChI=1S/C14H13Cl2N3/c15-11-3-1-2-10(13(11)16)12-7-9(6-8-4-5-8)18-14(17)19-12/h1-3,7-8H,4-6H2,(H2,17,18,19). The molecule has 1 aromatic carbocycles. The predicted octanol–water partition coefficient (Wildman–Crippen LogP) is 3.99. The summed E-state index contributed by atoms with van der Waals surface area (Å²) < 4.78 is 0. The number of anilines is 1. The van der Waals surface area contributed by atoms with E-state index in [0.29, 0.717) is 10.0 Å². The molecule has 0 saturated heterocycles. The van der Waals surface area contributed by atoms with Gasteiger partial charge in [-0.3, -0.25) is 0 Å². The Hall–Kier alpha value is -1.32. The van der Waals surface area contributed by atoms with Crippen molar-refractivity contribution in [3.05, 3.63) is 40.0 Å². The topological polar surface area (TPSA) is 51.8 Å². The van der Waals surface area contributed by atoms with Crippen molar-refractivity contribution in [2.45, 2.75) is 19.3 Å². The average Bonchev–Trinajstić information content (AvgIpc) is 3.16. The molecule has 1 aliphatic rings. The molecule has 3 rings (SSSR count). The lowest BCUT2D eigenvalue weighted by atomic mass is 10.1. The van der Waals surface area contributed by atoms with Crippen molar-refractivity contribution in [2.75, 3.05) is 5.73 Å². The summed E-state index contributed by atoms with van der Waals surface area (Å²) in [6, 6.07) is 7.44. The maximum atomic E-state index is 6.22. The van der Waals surface area contributed by atoms with Crippen molar-refractivity contribution in [3.63, 3.8) is 0 Å². The fraction of sp³-hybridized carbons (Fsp3) is 0.286. The zero-order valence-electron chi connectivity index (χ0n) is 10.2. The largest absolute Gasteiger partial charge is 0.368 e. The Bertz CT molecular complexity index is 624. The lowest BCUT2D eigenvalue weighted by Gasteiger charge is -2.08. The van der Waals surface area contributed by atoms with E-state index in [4.69, 9.17) is 28.9 Å². The molecule has 1 fully saturated rings. The van der Waals surface area contributed by atoms with Gasteiger partial charge in [0.05, 0.1) is 15.7 Å². The molecule has 98 valence electrons. The van der Waals surface area contributed by atoms with E-state index in [2.05, 4.69) is 9.97 Å². The Labute approximate surface area is 121 Å². The molecule has 0 atom stereocenters. The quantitative estimate of drug-likeness (QED) is 0.931. The Morgan fingerprint density at radius 1 is 1.21 bits per heavy atom. The first-order chi connectivity index (χ1) is 9.13. The molecule has 2 aromatic rings. The van der Waals surface area contributed by atoms with Gasteiger partial charge in [-0.25, -0.2) is 9.97 Å².